The highest BCUT2D eigenvalue weighted by atomic mass is 19.4. The highest BCUT2D eigenvalue weighted by Gasteiger charge is 2.30. The summed E-state index contributed by atoms with van der Waals surface area (Å²) in [5, 5.41) is 0. The van der Waals surface area contributed by atoms with E-state index in [1.807, 2.05) is 0 Å². The molecule has 1 rings (SSSR count). The lowest BCUT2D eigenvalue weighted by atomic mass is 10.0. The van der Waals surface area contributed by atoms with E-state index in [0.29, 0.717) is 17.4 Å². The van der Waals surface area contributed by atoms with E-state index in [1.165, 1.54) is 18.2 Å². The first-order valence-electron chi connectivity index (χ1n) is 4.25. The summed E-state index contributed by atoms with van der Waals surface area (Å²) in [6, 6.07) is 3.43. The first kappa shape index (κ1) is 11.5. The van der Waals surface area contributed by atoms with Gasteiger partial charge in [-0.3, -0.25) is 4.79 Å². The normalized spacial score (nSPS) is 12.0. The minimum atomic E-state index is -4.35. The Balaban J connectivity index is 3.16. The van der Waals surface area contributed by atoms with E-state index in [9.17, 15) is 18.0 Å². The third-order valence-corrected chi connectivity index (χ3v) is 1.96. The fourth-order valence-electron chi connectivity index (χ4n) is 1.14. The van der Waals surface area contributed by atoms with Gasteiger partial charge in [-0.15, -0.1) is 0 Å². The van der Waals surface area contributed by atoms with Gasteiger partial charge in [0.25, 0.3) is 0 Å². The van der Waals surface area contributed by atoms with Crippen LogP contribution >= 0.6 is 0 Å². The van der Waals surface area contributed by atoms with E-state index in [2.05, 4.69) is 0 Å². The van der Waals surface area contributed by atoms with Crippen LogP contribution in [0.3, 0.4) is 0 Å². The molecule has 0 aliphatic rings. The molecule has 0 atom stereocenters. The third-order valence-electron chi connectivity index (χ3n) is 1.96. The molecule has 0 spiro atoms. The molecule has 80 valence electrons. The molecule has 1 nitrogen and oxygen atoms in total. The Kier molecular flexibility index (Phi) is 3.29. The Labute approximate surface area is 85.2 Å². The second kappa shape index (κ2) is 4.29. The van der Waals surface area contributed by atoms with Crippen LogP contribution in [0, 0.1) is 6.92 Å². The van der Waals surface area contributed by atoms with Crippen molar-refractivity contribution in [1.82, 2.24) is 0 Å². The molecular formula is C11H9F3O. The molecule has 0 aromatic heterocycles. The molecule has 0 heterocycles. The summed E-state index contributed by atoms with van der Waals surface area (Å²) in [6.45, 7) is 1.69. The number of carbonyl (C=O) groups excluding carboxylic acids is 1. The minimum Gasteiger partial charge on any atom is -0.299 e. The van der Waals surface area contributed by atoms with Crippen LogP contribution in [-0.4, -0.2) is 6.29 Å². The summed E-state index contributed by atoms with van der Waals surface area (Å²) in [6.07, 6.45) is -1.29. The van der Waals surface area contributed by atoms with Gasteiger partial charge in [0.15, 0.2) is 0 Å². The van der Waals surface area contributed by atoms with E-state index >= 15 is 0 Å². The first-order chi connectivity index (χ1) is 6.95. The van der Waals surface area contributed by atoms with E-state index in [-0.39, 0.29) is 0 Å². The molecule has 0 unspecified atom stereocenters. The molecule has 0 aliphatic heterocycles. The summed E-state index contributed by atoms with van der Waals surface area (Å²) < 4.78 is 37.0. The quantitative estimate of drug-likeness (QED) is 0.545. The summed E-state index contributed by atoms with van der Waals surface area (Å²) in [7, 11) is 0. The Bertz CT molecular complexity index is 391. The Hall–Kier alpha value is -1.58. The molecule has 0 fully saturated rings. The maximum Gasteiger partial charge on any atom is 0.416 e. The molecule has 0 aliphatic carbocycles. The number of alkyl halides is 3. The largest absolute Gasteiger partial charge is 0.416 e. The molecule has 0 N–H and O–H groups in total. The molecule has 0 amide bonds. The minimum absolute atomic E-state index is 0.400. The van der Waals surface area contributed by atoms with Crippen molar-refractivity contribution in [1.29, 1.82) is 0 Å². The molecule has 0 saturated heterocycles. The predicted octanol–water partition coefficient (Wildman–Crippen LogP) is 3.23. The van der Waals surface area contributed by atoms with Gasteiger partial charge >= 0.3 is 6.18 Å². The van der Waals surface area contributed by atoms with Crippen LogP contribution < -0.4 is 0 Å². The molecule has 1 aromatic rings. The van der Waals surface area contributed by atoms with Crippen molar-refractivity contribution >= 4 is 12.4 Å². The lowest BCUT2D eigenvalue weighted by Gasteiger charge is -2.08. The van der Waals surface area contributed by atoms with Crippen molar-refractivity contribution in [3.05, 3.63) is 41.0 Å². The van der Waals surface area contributed by atoms with Crippen molar-refractivity contribution in [3.63, 3.8) is 0 Å². The molecule has 0 saturated carbocycles. The summed E-state index contributed by atoms with van der Waals surface area (Å²) in [5.41, 5.74) is 0.386. The molecule has 4 heteroatoms. The number of benzene rings is 1. The van der Waals surface area contributed by atoms with Gasteiger partial charge in [-0.05, 0) is 36.3 Å². The average Bonchev–Trinajstić information content (AvgIpc) is 2.15. The topological polar surface area (TPSA) is 17.1 Å². The summed E-state index contributed by atoms with van der Waals surface area (Å²) >= 11 is 0. The van der Waals surface area contributed by atoms with Crippen LogP contribution in [0.15, 0.2) is 24.3 Å². The monoisotopic (exact) mass is 214 g/mol. The number of hydrogen-bond donors (Lipinski definition) is 0. The highest BCUT2D eigenvalue weighted by molar-refractivity contribution is 5.74. The van der Waals surface area contributed by atoms with Crippen LogP contribution in [0.2, 0.25) is 0 Å². The first-order valence-corrected chi connectivity index (χ1v) is 4.25. The van der Waals surface area contributed by atoms with Crippen LogP contribution in [0.5, 0.6) is 0 Å². The SMILES string of the molecule is Cc1ccc(C(F)(F)F)cc1C=CC=O. The maximum atomic E-state index is 12.3. The number of allylic oxidation sites excluding steroid dienone is 1. The summed E-state index contributed by atoms with van der Waals surface area (Å²) in [4.78, 5) is 10.1. The smallest absolute Gasteiger partial charge is 0.299 e. The fraction of sp³-hybridized carbons (Fsp3) is 0.182. The van der Waals surface area contributed by atoms with Crippen molar-refractivity contribution in [2.75, 3.05) is 0 Å². The van der Waals surface area contributed by atoms with Crippen molar-refractivity contribution < 1.29 is 18.0 Å². The molecule has 0 radical (unpaired) electrons. The third kappa shape index (κ3) is 2.94. The van der Waals surface area contributed by atoms with Crippen molar-refractivity contribution in [2.24, 2.45) is 0 Å². The molecular weight excluding hydrogens is 205 g/mol. The van der Waals surface area contributed by atoms with Crippen LogP contribution in [0.1, 0.15) is 16.7 Å². The fourth-order valence-corrected chi connectivity index (χ4v) is 1.14. The average molecular weight is 214 g/mol. The van der Waals surface area contributed by atoms with Crippen molar-refractivity contribution in [3.8, 4) is 0 Å². The number of halogens is 3. The second-order valence-electron chi connectivity index (χ2n) is 3.06. The van der Waals surface area contributed by atoms with Crippen molar-refractivity contribution in [2.45, 2.75) is 13.1 Å². The van der Waals surface area contributed by atoms with Crippen LogP contribution in [-0.2, 0) is 11.0 Å². The van der Waals surface area contributed by atoms with E-state index in [1.54, 1.807) is 6.92 Å². The second-order valence-corrected chi connectivity index (χ2v) is 3.06. The van der Waals surface area contributed by atoms with Crippen LogP contribution in [0.4, 0.5) is 13.2 Å². The molecule has 1 aromatic carbocycles. The number of aldehydes is 1. The van der Waals surface area contributed by atoms with Gasteiger partial charge in [-0.2, -0.15) is 13.2 Å². The Morgan fingerprint density at radius 3 is 2.47 bits per heavy atom. The van der Waals surface area contributed by atoms with E-state index < -0.39 is 11.7 Å². The number of rotatable bonds is 2. The van der Waals surface area contributed by atoms with Gasteiger partial charge in [0.1, 0.15) is 6.29 Å². The zero-order chi connectivity index (χ0) is 11.5. The standard InChI is InChI=1S/C11H9F3O/c1-8-4-5-10(11(12,13)14)7-9(8)3-2-6-15/h2-7H,1H3. The van der Waals surface area contributed by atoms with Gasteiger partial charge in [-0.1, -0.05) is 12.1 Å². The van der Waals surface area contributed by atoms with E-state index in [0.717, 1.165) is 12.1 Å². The molecule has 15 heavy (non-hydrogen) atoms. The number of hydrogen-bond acceptors (Lipinski definition) is 1. The van der Waals surface area contributed by atoms with Crippen LogP contribution in [0.25, 0.3) is 6.08 Å². The zero-order valence-electron chi connectivity index (χ0n) is 8.01. The molecule has 0 bridgehead atoms. The zero-order valence-corrected chi connectivity index (χ0v) is 8.01. The highest BCUT2D eigenvalue weighted by Crippen LogP contribution is 2.30. The van der Waals surface area contributed by atoms with Gasteiger partial charge in [0.05, 0.1) is 5.56 Å². The lowest BCUT2D eigenvalue weighted by molar-refractivity contribution is -0.137. The van der Waals surface area contributed by atoms with Gasteiger partial charge < -0.3 is 0 Å². The Morgan fingerprint density at radius 1 is 1.27 bits per heavy atom. The lowest BCUT2D eigenvalue weighted by Crippen LogP contribution is -2.05. The maximum absolute atomic E-state index is 12.3. The van der Waals surface area contributed by atoms with Gasteiger partial charge in [0.2, 0.25) is 0 Å². The van der Waals surface area contributed by atoms with Gasteiger partial charge in [-0.25, -0.2) is 0 Å². The Morgan fingerprint density at radius 2 is 1.93 bits per heavy atom. The number of aryl methyl sites for hydroxylation is 1. The van der Waals surface area contributed by atoms with E-state index in [4.69, 9.17) is 0 Å². The number of carbonyl (C=O) groups is 1. The summed E-state index contributed by atoms with van der Waals surface area (Å²) in [5.74, 6) is 0. The predicted molar refractivity (Wildman–Crippen MR) is 51.3 cm³/mol. The van der Waals surface area contributed by atoms with Gasteiger partial charge in [0, 0.05) is 0 Å².